The lowest BCUT2D eigenvalue weighted by molar-refractivity contribution is 0.0728. The maximum absolute atomic E-state index is 13.3. The van der Waals surface area contributed by atoms with Crippen LogP contribution in [0, 0.1) is 13.8 Å². The number of nitrogens with zero attached hydrogens (tertiary/aromatic N) is 6. The van der Waals surface area contributed by atoms with Crippen LogP contribution in [-0.2, 0) is 14.1 Å². The number of hydrogen-bond donors (Lipinski definition) is 1. The first-order chi connectivity index (χ1) is 14.8. The fourth-order valence-corrected chi connectivity index (χ4v) is 4.14. The van der Waals surface area contributed by atoms with Gasteiger partial charge >= 0.3 is 0 Å². The van der Waals surface area contributed by atoms with Gasteiger partial charge in [-0.2, -0.15) is 10.2 Å². The van der Waals surface area contributed by atoms with Crippen molar-refractivity contribution in [3.63, 3.8) is 0 Å². The van der Waals surface area contributed by atoms with E-state index in [-0.39, 0.29) is 11.8 Å². The van der Waals surface area contributed by atoms with Crippen LogP contribution in [-0.4, -0.2) is 80.4 Å². The van der Waals surface area contributed by atoms with Crippen molar-refractivity contribution < 1.29 is 9.59 Å². The lowest BCUT2D eigenvalue weighted by atomic mass is 10.2. The first kappa shape index (κ1) is 23.0. The largest absolute Gasteiger partial charge is 0.350 e. The molecule has 0 saturated carbocycles. The van der Waals surface area contributed by atoms with E-state index in [4.69, 9.17) is 0 Å². The molecule has 1 N–H and O–H groups in total. The molecule has 1 aliphatic rings. The smallest absolute Gasteiger partial charge is 0.257 e. The average molecular weight is 430 g/mol. The van der Waals surface area contributed by atoms with Crippen LogP contribution in [0.1, 0.15) is 57.8 Å². The van der Waals surface area contributed by atoms with Crippen molar-refractivity contribution in [2.24, 2.45) is 14.1 Å². The minimum atomic E-state index is -0.164. The van der Waals surface area contributed by atoms with Crippen LogP contribution in [0.25, 0.3) is 0 Å². The molecule has 1 fully saturated rings. The van der Waals surface area contributed by atoms with Gasteiger partial charge in [-0.05, 0) is 39.8 Å². The molecule has 9 nitrogen and oxygen atoms in total. The summed E-state index contributed by atoms with van der Waals surface area (Å²) >= 11 is 0. The zero-order chi connectivity index (χ0) is 22.4. The molecule has 170 valence electrons. The second-order valence-corrected chi connectivity index (χ2v) is 8.41. The second-order valence-electron chi connectivity index (χ2n) is 8.41. The molecular weight excluding hydrogens is 394 g/mol. The first-order valence-electron chi connectivity index (χ1n) is 11.2. The summed E-state index contributed by atoms with van der Waals surface area (Å²) in [5, 5.41) is 11.5. The van der Waals surface area contributed by atoms with E-state index in [1.165, 1.54) is 25.7 Å². The quantitative estimate of drug-likeness (QED) is 0.687. The van der Waals surface area contributed by atoms with Crippen LogP contribution < -0.4 is 5.32 Å². The van der Waals surface area contributed by atoms with Crippen molar-refractivity contribution in [1.82, 2.24) is 34.7 Å². The molecule has 0 unspecified atom stereocenters. The number of rotatable bonds is 8. The highest BCUT2D eigenvalue weighted by Crippen LogP contribution is 2.12. The molecule has 1 aliphatic heterocycles. The Balaban J connectivity index is 1.63. The van der Waals surface area contributed by atoms with Crippen LogP contribution in [0.15, 0.2) is 12.4 Å². The lowest BCUT2D eigenvalue weighted by Crippen LogP contribution is -2.43. The minimum Gasteiger partial charge on any atom is -0.350 e. The molecule has 3 rings (SSSR count). The molecule has 0 bridgehead atoms. The standard InChI is InChI=1S/C22H35N7O2/c1-17-19(15-26(3)24-17)21(30)23-9-12-29(14-13-28-10-7-5-6-8-11-28)22(31)20-16-27(4)25-18(20)2/h15-16H,5-14H2,1-4H3,(H,23,30). The molecule has 2 amide bonds. The topological polar surface area (TPSA) is 88.3 Å². The van der Waals surface area contributed by atoms with Crippen molar-refractivity contribution >= 4 is 11.8 Å². The molecule has 9 heteroatoms. The lowest BCUT2D eigenvalue weighted by Gasteiger charge is -2.27. The molecule has 0 radical (unpaired) electrons. The number of aryl methyl sites for hydroxylation is 4. The van der Waals surface area contributed by atoms with Crippen molar-refractivity contribution in [3.05, 3.63) is 34.9 Å². The summed E-state index contributed by atoms with van der Waals surface area (Å²) in [6.45, 7) is 8.17. The summed E-state index contributed by atoms with van der Waals surface area (Å²) in [5.41, 5.74) is 2.60. The normalized spacial score (nSPS) is 15.0. The molecule has 3 heterocycles. The predicted octanol–water partition coefficient (Wildman–Crippen LogP) is 1.52. The summed E-state index contributed by atoms with van der Waals surface area (Å²) < 4.78 is 3.30. The molecule has 31 heavy (non-hydrogen) atoms. The molecule has 0 spiro atoms. The van der Waals surface area contributed by atoms with Gasteiger partial charge < -0.3 is 15.1 Å². The Morgan fingerprint density at radius 2 is 1.52 bits per heavy atom. The third kappa shape index (κ3) is 6.16. The van der Waals surface area contributed by atoms with E-state index in [2.05, 4.69) is 20.4 Å². The molecule has 2 aromatic rings. The highest BCUT2D eigenvalue weighted by Gasteiger charge is 2.21. The van der Waals surface area contributed by atoms with Gasteiger partial charge in [-0.1, -0.05) is 12.8 Å². The van der Waals surface area contributed by atoms with Crippen LogP contribution in [0.3, 0.4) is 0 Å². The van der Waals surface area contributed by atoms with Gasteiger partial charge in [-0.25, -0.2) is 0 Å². The number of carbonyl (C=O) groups excluding carboxylic acids is 2. The SMILES string of the molecule is Cc1nn(C)cc1C(=O)NCCN(CCN1CCCCCC1)C(=O)c1cn(C)nc1C. The Morgan fingerprint density at radius 3 is 2.06 bits per heavy atom. The molecule has 0 aliphatic carbocycles. The fourth-order valence-electron chi connectivity index (χ4n) is 4.14. The van der Waals surface area contributed by atoms with E-state index in [0.29, 0.717) is 36.5 Å². The highest BCUT2D eigenvalue weighted by atomic mass is 16.2. The Morgan fingerprint density at radius 1 is 0.935 bits per heavy atom. The third-order valence-electron chi connectivity index (χ3n) is 5.84. The highest BCUT2D eigenvalue weighted by molar-refractivity contribution is 5.96. The van der Waals surface area contributed by atoms with Crippen molar-refractivity contribution in [1.29, 1.82) is 0 Å². The Kier molecular flexibility index (Phi) is 7.84. The second kappa shape index (κ2) is 10.6. The fraction of sp³-hybridized carbons (Fsp3) is 0.636. The van der Waals surface area contributed by atoms with Crippen LogP contribution in [0.2, 0.25) is 0 Å². The maximum Gasteiger partial charge on any atom is 0.257 e. The molecule has 0 atom stereocenters. The number of nitrogens with one attached hydrogen (secondary N) is 1. The summed E-state index contributed by atoms with van der Waals surface area (Å²) in [6.07, 6.45) is 8.49. The van der Waals surface area contributed by atoms with Gasteiger partial charge in [0.1, 0.15) is 0 Å². The molecule has 2 aromatic heterocycles. The first-order valence-corrected chi connectivity index (χ1v) is 11.2. The van der Waals surface area contributed by atoms with Crippen LogP contribution in [0.5, 0.6) is 0 Å². The summed E-state index contributed by atoms with van der Waals surface area (Å²) in [6, 6.07) is 0. The van der Waals surface area contributed by atoms with Crippen LogP contribution >= 0.6 is 0 Å². The van der Waals surface area contributed by atoms with E-state index in [1.807, 2.05) is 25.8 Å². The maximum atomic E-state index is 13.3. The van der Waals surface area contributed by atoms with E-state index in [9.17, 15) is 9.59 Å². The van der Waals surface area contributed by atoms with Gasteiger partial charge in [0.05, 0.1) is 22.5 Å². The zero-order valence-corrected chi connectivity index (χ0v) is 19.2. The predicted molar refractivity (Wildman–Crippen MR) is 119 cm³/mol. The van der Waals surface area contributed by atoms with Gasteiger partial charge in [0, 0.05) is 52.7 Å². The van der Waals surface area contributed by atoms with Gasteiger partial charge in [-0.3, -0.25) is 19.0 Å². The zero-order valence-electron chi connectivity index (χ0n) is 19.2. The monoisotopic (exact) mass is 429 g/mol. The van der Waals surface area contributed by atoms with Gasteiger partial charge in [0.25, 0.3) is 11.8 Å². The average Bonchev–Trinajstić information content (AvgIpc) is 3.11. The number of hydrogen-bond acceptors (Lipinski definition) is 5. The Hall–Kier alpha value is -2.68. The molecule has 0 aromatic carbocycles. The van der Waals surface area contributed by atoms with Crippen molar-refractivity contribution in [2.75, 3.05) is 39.3 Å². The van der Waals surface area contributed by atoms with Crippen molar-refractivity contribution in [3.8, 4) is 0 Å². The Labute approximate surface area is 184 Å². The minimum absolute atomic E-state index is 0.0350. The van der Waals surface area contributed by atoms with Gasteiger partial charge in [0.15, 0.2) is 0 Å². The molecule has 1 saturated heterocycles. The van der Waals surface area contributed by atoms with Gasteiger partial charge in [0.2, 0.25) is 0 Å². The summed E-state index contributed by atoms with van der Waals surface area (Å²) in [4.78, 5) is 30.0. The van der Waals surface area contributed by atoms with E-state index in [1.54, 1.807) is 28.8 Å². The Bertz CT molecular complexity index is 894. The van der Waals surface area contributed by atoms with E-state index < -0.39 is 0 Å². The van der Waals surface area contributed by atoms with Crippen molar-refractivity contribution in [2.45, 2.75) is 39.5 Å². The summed E-state index contributed by atoms with van der Waals surface area (Å²) in [7, 11) is 3.62. The number of amides is 2. The molecular formula is C22H35N7O2. The van der Waals surface area contributed by atoms with Gasteiger partial charge in [-0.15, -0.1) is 0 Å². The van der Waals surface area contributed by atoms with E-state index in [0.717, 1.165) is 25.3 Å². The van der Waals surface area contributed by atoms with Crippen LogP contribution in [0.4, 0.5) is 0 Å². The number of aromatic nitrogens is 4. The number of carbonyl (C=O) groups is 2. The van der Waals surface area contributed by atoms with E-state index >= 15 is 0 Å². The third-order valence-corrected chi connectivity index (χ3v) is 5.84. The number of likely N-dealkylation sites (tertiary alicyclic amines) is 1. The summed E-state index contributed by atoms with van der Waals surface area (Å²) in [5.74, 6) is -0.199.